The van der Waals surface area contributed by atoms with Gasteiger partial charge in [0.2, 0.25) is 0 Å². The highest BCUT2D eigenvalue weighted by molar-refractivity contribution is 9.13. The molecule has 1 aromatic rings. The molecule has 0 amide bonds. The van der Waals surface area contributed by atoms with Crippen LogP contribution in [0.4, 0.5) is 0 Å². The monoisotopic (exact) mass is 362 g/mol. The Morgan fingerprint density at radius 1 is 1.41 bits per heavy atom. The molecule has 0 aliphatic heterocycles. The molecule has 0 heterocycles. The van der Waals surface area contributed by atoms with Crippen LogP contribution in [0.3, 0.4) is 0 Å². The molecule has 0 spiro atoms. The molecule has 0 unspecified atom stereocenters. The van der Waals surface area contributed by atoms with Gasteiger partial charge in [0.05, 0.1) is 13.7 Å². The highest BCUT2D eigenvalue weighted by Gasteiger charge is 2.08. The molecule has 0 fully saturated rings. The van der Waals surface area contributed by atoms with E-state index in [1.165, 1.54) is 6.08 Å². The van der Waals surface area contributed by atoms with Gasteiger partial charge < -0.3 is 9.47 Å². The third-order valence-electron chi connectivity index (χ3n) is 1.99. The van der Waals surface area contributed by atoms with Gasteiger partial charge in [-0.25, -0.2) is 4.79 Å². The van der Waals surface area contributed by atoms with E-state index in [1.54, 1.807) is 20.1 Å². The Morgan fingerprint density at radius 3 is 2.71 bits per heavy atom. The summed E-state index contributed by atoms with van der Waals surface area (Å²) < 4.78 is 11.8. The van der Waals surface area contributed by atoms with Crippen molar-refractivity contribution in [3.8, 4) is 5.75 Å². The van der Waals surface area contributed by atoms with Gasteiger partial charge >= 0.3 is 5.97 Å². The summed E-state index contributed by atoms with van der Waals surface area (Å²) in [5.74, 6) is 0.307. The van der Waals surface area contributed by atoms with Gasteiger partial charge in [0.25, 0.3) is 0 Å². The summed E-state index contributed by atoms with van der Waals surface area (Å²) in [5.41, 5.74) is 0.787. The van der Waals surface area contributed by atoms with Crippen molar-refractivity contribution in [2.45, 2.75) is 6.92 Å². The summed E-state index contributed by atoms with van der Waals surface area (Å²) in [6.45, 7) is 2.13. The number of carbonyl (C=O) groups excluding carboxylic acids is 1. The van der Waals surface area contributed by atoms with E-state index in [1.807, 2.05) is 12.1 Å². The molecule has 0 N–H and O–H groups in total. The van der Waals surface area contributed by atoms with Gasteiger partial charge in [-0.05, 0) is 57.0 Å². The molecule has 3 nitrogen and oxygen atoms in total. The summed E-state index contributed by atoms with van der Waals surface area (Å²) in [5, 5.41) is 0. The first-order chi connectivity index (χ1) is 8.10. The van der Waals surface area contributed by atoms with Crippen LogP contribution in [0.25, 0.3) is 6.08 Å². The highest BCUT2D eigenvalue weighted by Crippen LogP contribution is 2.34. The molecular formula is C12H12Br2O3. The summed E-state index contributed by atoms with van der Waals surface area (Å²) in [7, 11) is 1.58. The highest BCUT2D eigenvalue weighted by atomic mass is 79.9. The van der Waals surface area contributed by atoms with Crippen molar-refractivity contribution in [2.75, 3.05) is 13.7 Å². The van der Waals surface area contributed by atoms with Crippen LogP contribution in [0.2, 0.25) is 0 Å². The van der Waals surface area contributed by atoms with Crippen LogP contribution in [0.5, 0.6) is 5.75 Å². The number of carbonyl (C=O) groups is 1. The van der Waals surface area contributed by atoms with Gasteiger partial charge in [0.1, 0.15) is 5.75 Å². The van der Waals surface area contributed by atoms with Gasteiger partial charge in [-0.2, -0.15) is 0 Å². The van der Waals surface area contributed by atoms with Crippen LogP contribution < -0.4 is 4.74 Å². The predicted octanol–water partition coefficient (Wildman–Crippen LogP) is 3.80. The third-order valence-corrected chi connectivity index (χ3v) is 4.03. The lowest BCUT2D eigenvalue weighted by Crippen LogP contribution is -1.99. The second-order valence-electron chi connectivity index (χ2n) is 3.06. The lowest BCUT2D eigenvalue weighted by atomic mass is 10.2. The van der Waals surface area contributed by atoms with Gasteiger partial charge in [-0.1, -0.05) is 0 Å². The number of hydrogen-bond acceptors (Lipinski definition) is 3. The number of esters is 1. The number of methoxy groups -OCH3 is 1. The van der Waals surface area contributed by atoms with Gasteiger partial charge in [0.15, 0.2) is 0 Å². The second-order valence-corrected chi connectivity index (χ2v) is 4.71. The maximum absolute atomic E-state index is 11.2. The Hall–Kier alpha value is -0.810. The molecule has 5 heteroatoms. The van der Waals surface area contributed by atoms with Crippen LogP contribution in [-0.2, 0) is 9.53 Å². The molecule has 92 valence electrons. The summed E-state index contributed by atoms with van der Waals surface area (Å²) in [6, 6.07) is 3.68. The Labute approximate surface area is 117 Å². The lowest BCUT2D eigenvalue weighted by molar-refractivity contribution is -0.137. The molecule has 1 rings (SSSR count). The van der Waals surface area contributed by atoms with Crippen LogP contribution >= 0.6 is 31.9 Å². The number of halogens is 2. The fourth-order valence-electron chi connectivity index (χ4n) is 1.22. The number of ether oxygens (including phenoxy) is 2. The fraction of sp³-hybridized carbons (Fsp3) is 0.250. The number of benzene rings is 1. The van der Waals surface area contributed by atoms with Crippen LogP contribution in [0, 0.1) is 0 Å². The Morgan fingerprint density at radius 2 is 2.12 bits per heavy atom. The molecular weight excluding hydrogens is 352 g/mol. The van der Waals surface area contributed by atoms with E-state index < -0.39 is 0 Å². The molecule has 0 aliphatic carbocycles. The molecule has 0 radical (unpaired) electrons. The van der Waals surface area contributed by atoms with Crippen LogP contribution in [0.1, 0.15) is 12.5 Å². The first kappa shape index (κ1) is 14.3. The number of hydrogen-bond donors (Lipinski definition) is 0. The Bertz CT molecular complexity index is 442. The first-order valence-corrected chi connectivity index (χ1v) is 6.55. The van der Waals surface area contributed by atoms with E-state index in [2.05, 4.69) is 31.9 Å². The Kier molecular flexibility index (Phi) is 5.71. The second kappa shape index (κ2) is 6.81. The zero-order valence-electron chi connectivity index (χ0n) is 9.50. The minimum absolute atomic E-state index is 0.361. The minimum Gasteiger partial charge on any atom is -0.496 e. The maximum atomic E-state index is 11.2. The Balaban J connectivity index is 3.04. The average Bonchev–Trinajstić information content (AvgIpc) is 2.31. The van der Waals surface area contributed by atoms with E-state index in [4.69, 9.17) is 9.47 Å². The maximum Gasteiger partial charge on any atom is 0.330 e. The van der Waals surface area contributed by atoms with Gasteiger partial charge in [-0.3, -0.25) is 0 Å². The van der Waals surface area contributed by atoms with Crippen molar-refractivity contribution in [3.05, 3.63) is 32.7 Å². The summed E-state index contributed by atoms with van der Waals surface area (Å²) >= 11 is 6.83. The molecule has 0 aromatic heterocycles. The topological polar surface area (TPSA) is 35.5 Å². The quantitative estimate of drug-likeness (QED) is 0.603. The predicted molar refractivity (Wildman–Crippen MR) is 74.1 cm³/mol. The molecule has 17 heavy (non-hydrogen) atoms. The van der Waals surface area contributed by atoms with Gasteiger partial charge in [0, 0.05) is 20.6 Å². The standard InChI is InChI=1S/C12H12Br2O3/c1-3-17-11(15)7-4-8-10(16-2)6-5-9(13)12(8)14/h4-7H,3H2,1-2H3. The molecule has 0 saturated carbocycles. The van der Waals surface area contributed by atoms with Crippen molar-refractivity contribution in [1.82, 2.24) is 0 Å². The molecule has 0 aliphatic rings. The van der Waals surface area contributed by atoms with Crippen molar-refractivity contribution in [3.63, 3.8) is 0 Å². The van der Waals surface area contributed by atoms with E-state index >= 15 is 0 Å². The summed E-state index contributed by atoms with van der Waals surface area (Å²) in [4.78, 5) is 11.2. The van der Waals surface area contributed by atoms with E-state index in [-0.39, 0.29) is 5.97 Å². The fourth-order valence-corrected chi connectivity index (χ4v) is 2.03. The molecule has 1 aromatic carbocycles. The van der Waals surface area contributed by atoms with Crippen LogP contribution in [0.15, 0.2) is 27.2 Å². The average molecular weight is 364 g/mol. The van der Waals surface area contributed by atoms with Crippen molar-refractivity contribution in [1.29, 1.82) is 0 Å². The zero-order chi connectivity index (χ0) is 12.8. The van der Waals surface area contributed by atoms with Gasteiger partial charge in [-0.15, -0.1) is 0 Å². The minimum atomic E-state index is -0.374. The molecule has 0 bridgehead atoms. The lowest BCUT2D eigenvalue weighted by Gasteiger charge is -2.08. The first-order valence-electron chi connectivity index (χ1n) is 4.97. The van der Waals surface area contributed by atoms with E-state index in [9.17, 15) is 4.79 Å². The normalized spacial score (nSPS) is 10.6. The largest absolute Gasteiger partial charge is 0.496 e. The summed E-state index contributed by atoms with van der Waals surface area (Å²) in [6.07, 6.45) is 3.03. The van der Waals surface area contributed by atoms with E-state index in [0.717, 1.165) is 14.5 Å². The van der Waals surface area contributed by atoms with Crippen molar-refractivity contribution in [2.24, 2.45) is 0 Å². The van der Waals surface area contributed by atoms with Crippen molar-refractivity contribution >= 4 is 43.9 Å². The zero-order valence-corrected chi connectivity index (χ0v) is 12.7. The van der Waals surface area contributed by atoms with Crippen molar-refractivity contribution < 1.29 is 14.3 Å². The molecule has 0 atom stereocenters. The van der Waals surface area contributed by atoms with E-state index in [0.29, 0.717) is 12.4 Å². The number of rotatable bonds is 4. The SMILES string of the molecule is CCOC(=O)C=Cc1c(OC)ccc(Br)c1Br. The van der Waals surface area contributed by atoms with Crippen LogP contribution in [-0.4, -0.2) is 19.7 Å². The molecule has 0 saturated heterocycles. The smallest absolute Gasteiger partial charge is 0.330 e. The third kappa shape index (κ3) is 3.85.